The fourth-order valence-corrected chi connectivity index (χ4v) is 2.46. The summed E-state index contributed by atoms with van der Waals surface area (Å²) < 4.78 is 27.2. The van der Waals surface area contributed by atoms with Crippen LogP contribution in [0.2, 0.25) is 5.02 Å². The molecule has 2 aromatic carbocycles. The maximum Gasteiger partial charge on any atom is 0.253 e. The Morgan fingerprint density at radius 3 is 2.67 bits per heavy atom. The van der Waals surface area contributed by atoms with Crippen LogP contribution in [-0.2, 0) is 0 Å². The number of amides is 1. The minimum Gasteiger partial charge on any atom is -0.345 e. The van der Waals surface area contributed by atoms with E-state index in [1.54, 1.807) is 25.1 Å². The number of carbonyl (C=O) groups excluding carboxylic acids is 1. The normalized spacial score (nSPS) is 12.0. The van der Waals surface area contributed by atoms with Gasteiger partial charge in [0.1, 0.15) is 11.6 Å². The van der Waals surface area contributed by atoms with Crippen LogP contribution in [-0.4, -0.2) is 5.91 Å². The second kappa shape index (κ2) is 6.54. The lowest BCUT2D eigenvalue weighted by Gasteiger charge is -2.16. The number of hydrogen-bond acceptors (Lipinski definition) is 1. The predicted octanol–water partition coefficient (Wildman–Crippen LogP) is 4.87. The number of hydrogen-bond donors (Lipinski definition) is 1. The van der Waals surface area contributed by atoms with Crippen LogP contribution in [0.1, 0.15) is 28.9 Å². The largest absolute Gasteiger partial charge is 0.345 e. The summed E-state index contributed by atoms with van der Waals surface area (Å²) in [5.41, 5.74) is 0.483. The molecule has 0 fully saturated rings. The van der Waals surface area contributed by atoms with E-state index >= 15 is 0 Å². The molecular weight excluding hydrogens is 364 g/mol. The average molecular weight is 375 g/mol. The highest BCUT2D eigenvalue weighted by Crippen LogP contribution is 2.26. The Labute approximate surface area is 134 Å². The number of carbonyl (C=O) groups is 1. The number of rotatable bonds is 3. The minimum atomic E-state index is -0.705. The van der Waals surface area contributed by atoms with Crippen molar-refractivity contribution in [3.05, 3.63) is 68.7 Å². The Kier molecular flexibility index (Phi) is 4.96. The molecule has 6 heteroatoms. The van der Waals surface area contributed by atoms with Gasteiger partial charge in [-0.25, -0.2) is 8.78 Å². The minimum absolute atomic E-state index is 0.205. The van der Waals surface area contributed by atoms with Gasteiger partial charge in [-0.15, -0.1) is 0 Å². The van der Waals surface area contributed by atoms with Gasteiger partial charge in [0.25, 0.3) is 5.91 Å². The van der Waals surface area contributed by atoms with Crippen LogP contribution in [0.15, 0.2) is 40.9 Å². The Balaban J connectivity index is 2.21. The molecule has 2 aromatic rings. The molecule has 0 bridgehead atoms. The Morgan fingerprint density at radius 1 is 1.29 bits per heavy atom. The maximum absolute atomic E-state index is 13.7. The van der Waals surface area contributed by atoms with Gasteiger partial charge in [-0.2, -0.15) is 0 Å². The first-order valence-corrected chi connectivity index (χ1v) is 7.27. The fourth-order valence-electron chi connectivity index (χ4n) is 1.88. The van der Waals surface area contributed by atoms with E-state index in [9.17, 15) is 13.6 Å². The molecule has 0 aliphatic rings. The average Bonchev–Trinajstić information content (AvgIpc) is 2.41. The van der Waals surface area contributed by atoms with Crippen molar-refractivity contribution in [2.75, 3.05) is 0 Å². The maximum atomic E-state index is 13.7. The summed E-state index contributed by atoms with van der Waals surface area (Å²) in [6.45, 7) is 1.61. The molecule has 0 radical (unpaired) electrons. The molecule has 21 heavy (non-hydrogen) atoms. The summed E-state index contributed by atoms with van der Waals surface area (Å²) >= 11 is 9.27. The van der Waals surface area contributed by atoms with E-state index in [1.165, 1.54) is 6.07 Å². The van der Waals surface area contributed by atoms with E-state index in [0.29, 0.717) is 4.47 Å². The van der Waals surface area contributed by atoms with Crippen molar-refractivity contribution in [2.24, 2.45) is 0 Å². The quantitative estimate of drug-likeness (QED) is 0.816. The van der Waals surface area contributed by atoms with E-state index in [2.05, 4.69) is 21.2 Å². The van der Waals surface area contributed by atoms with Crippen LogP contribution < -0.4 is 5.32 Å². The van der Waals surface area contributed by atoms with Crippen LogP contribution in [0.3, 0.4) is 0 Å². The Bertz CT molecular complexity index is 693. The van der Waals surface area contributed by atoms with Gasteiger partial charge < -0.3 is 5.32 Å². The molecule has 1 N–H and O–H groups in total. The van der Waals surface area contributed by atoms with Crippen LogP contribution in [0.5, 0.6) is 0 Å². The van der Waals surface area contributed by atoms with Crippen LogP contribution >= 0.6 is 27.5 Å². The molecule has 0 aromatic heterocycles. The first-order valence-electron chi connectivity index (χ1n) is 6.10. The van der Waals surface area contributed by atoms with Crippen molar-refractivity contribution in [1.29, 1.82) is 0 Å². The molecule has 2 nitrogen and oxygen atoms in total. The molecule has 1 atom stereocenters. The van der Waals surface area contributed by atoms with Crippen molar-refractivity contribution in [2.45, 2.75) is 13.0 Å². The first-order chi connectivity index (χ1) is 9.90. The van der Waals surface area contributed by atoms with Gasteiger partial charge in [-0.3, -0.25) is 4.79 Å². The first kappa shape index (κ1) is 15.9. The van der Waals surface area contributed by atoms with Crippen LogP contribution in [0, 0.1) is 11.6 Å². The van der Waals surface area contributed by atoms with Crippen molar-refractivity contribution in [3.8, 4) is 0 Å². The molecule has 1 amide bonds. The van der Waals surface area contributed by atoms with E-state index < -0.39 is 23.6 Å². The van der Waals surface area contributed by atoms with Gasteiger partial charge in [-0.05, 0) is 41.1 Å². The van der Waals surface area contributed by atoms with Gasteiger partial charge in [0.15, 0.2) is 0 Å². The third-order valence-electron chi connectivity index (χ3n) is 2.97. The lowest BCUT2D eigenvalue weighted by Crippen LogP contribution is -2.27. The summed E-state index contributed by atoms with van der Waals surface area (Å²) in [5.74, 6) is -1.80. The standard InChI is InChI=1S/C15H11BrClF2NO/c1-8(10-6-5-9(18)7-13(10)19)20-15(21)11-3-2-4-12(16)14(11)17/h2-8H,1H3,(H,20,21). The molecule has 0 spiro atoms. The summed E-state index contributed by atoms with van der Waals surface area (Å²) in [6, 6.07) is 7.56. The van der Waals surface area contributed by atoms with Crippen LogP contribution in [0.4, 0.5) is 8.78 Å². The zero-order chi connectivity index (χ0) is 15.6. The highest BCUT2D eigenvalue weighted by molar-refractivity contribution is 9.10. The summed E-state index contributed by atoms with van der Waals surface area (Å²) in [4.78, 5) is 12.2. The summed E-state index contributed by atoms with van der Waals surface area (Å²) in [7, 11) is 0. The Morgan fingerprint density at radius 2 is 2.00 bits per heavy atom. The fraction of sp³-hybridized carbons (Fsp3) is 0.133. The molecule has 110 valence electrons. The molecule has 0 saturated carbocycles. The van der Waals surface area contributed by atoms with Crippen molar-refractivity contribution in [1.82, 2.24) is 5.32 Å². The molecule has 1 unspecified atom stereocenters. The monoisotopic (exact) mass is 373 g/mol. The summed E-state index contributed by atoms with van der Waals surface area (Å²) in [5, 5.41) is 2.91. The number of benzene rings is 2. The van der Waals surface area contributed by atoms with Gasteiger partial charge in [-0.1, -0.05) is 23.7 Å². The lowest BCUT2D eigenvalue weighted by atomic mass is 10.1. The van der Waals surface area contributed by atoms with Gasteiger partial charge >= 0.3 is 0 Å². The third-order valence-corrected chi connectivity index (χ3v) is 4.27. The molecule has 0 aliphatic carbocycles. The van der Waals surface area contributed by atoms with Gasteiger partial charge in [0.05, 0.1) is 16.6 Å². The van der Waals surface area contributed by atoms with Crippen molar-refractivity contribution < 1.29 is 13.6 Å². The van der Waals surface area contributed by atoms with E-state index in [1.807, 2.05) is 0 Å². The third kappa shape index (κ3) is 3.60. The summed E-state index contributed by atoms with van der Waals surface area (Å²) in [6.07, 6.45) is 0. The lowest BCUT2D eigenvalue weighted by molar-refractivity contribution is 0.0939. The Hall–Kier alpha value is -1.46. The highest BCUT2D eigenvalue weighted by Gasteiger charge is 2.17. The molecular formula is C15H11BrClF2NO. The molecule has 0 heterocycles. The van der Waals surface area contributed by atoms with Crippen molar-refractivity contribution >= 4 is 33.4 Å². The number of halogens is 4. The predicted molar refractivity (Wildman–Crippen MR) is 81.4 cm³/mol. The smallest absolute Gasteiger partial charge is 0.253 e. The van der Waals surface area contributed by atoms with Gasteiger partial charge in [0.2, 0.25) is 0 Å². The zero-order valence-corrected chi connectivity index (χ0v) is 13.3. The number of nitrogens with one attached hydrogen (secondary N) is 1. The SMILES string of the molecule is CC(NC(=O)c1cccc(Br)c1Cl)c1ccc(F)cc1F. The molecule has 2 rings (SSSR count). The second-order valence-corrected chi connectivity index (χ2v) is 5.69. The second-order valence-electron chi connectivity index (χ2n) is 4.46. The molecule has 0 saturated heterocycles. The van der Waals surface area contributed by atoms with E-state index in [4.69, 9.17) is 11.6 Å². The highest BCUT2D eigenvalue weighted by atomic mass is 79.9. The van der Waals surface area contributed by atoms with E-state index in [0.717, 1.165) is 12.1 Å². The van der Waals surface area contributed by atoms with Crippen LogP contribution in [0.25, 0.3) is 0 Å². The van der Waals surface area contributed by atoms with Gasteiger partial charge in [0, 0.05) is 16.1 Å². The zero-order valence-electron chi connectivity index (χ0n) is 11.0. The van der Waals surface area contributed by atoms with Crippen molar-refractivity contribution in [3.63, 3.8) is 0 Å². The molecule has 0 aliphatic heterocycles. The van der Waals surface area contributed by atoms with E-state index in [-0.39, 0.29) is 16.1 Å². The topological polar surface area (TPSA) is 29.1 Å².